The maximum Gasteiger partial charge on any atom is 0.251 e. The van der Waals surface area contributed by atoms with Gasteiger partial charge in [-0.25, -0.2) is 0 Å². The third kappa shape index (κ3) is 4.53. The number of aromatic nitrogens is 1. The Morgan fingerprint density at radius 1 is 1.56 bits per heavy atom. The Morgan fingerprint density at radius 2 is 2.38 bits per heavy atom. The van der Waals surface area contributed by atoms with Crippen molar-refractivity contribution in [2.75, 3.05) is 12.3 Å². The molecular weight excluding hydrogens is 224 g/mol. The molecule has 0 atom stereocenters. The summed E-state index contributed by atoms with van der Waals surface area (Å²) in [4.78, 5) is 11.4. The highest BCUT2D eigenvalue weighted by molar-refractivity contribution is 7.99. The van der Waals surface area contributed by atoms with Crippen LogP contribution in [-0.2, 0) is 4.79 Å². The third-order valence-corrected chi connectivity index (χ3v) is 3.01. The van der Waals surface area contributed by atoms with Gasteiger partial charge in [0.2, 0.25) is 5.91 Å². The predicted octanol–water partition coefficient (Wildman–Crippen LogP) is 1.33. The Morgan fingerprint density at radius 3 is 3.06 bits per heavy atom. The van der Waals surface area contributed by atoms with Gasteiger partial charge in [0.25, 0.3) is 5.03 Å². The van der Waals surface area contributed by atoms with Crippen molar-refractivity contribution in [3.8, 4) is 0 Å². The Hall–Kier alpha value is -1.23. The lowest BCUT2D eigenvalue weighted by Gasteiger charge is -2.04. The number of carbonyl (C=O) groups excluding carboxylic acids is 1. The van der Waals surface area contributed by atoms with Crippen molar-refractivity contribution < 1.29 is 9.52 Å². The van der Waals surface area contributed by atoms with Crippen LogP contribution in [0.2, 0.25) is 0 Å². The van der Waals surface area contributed by atoms with Crippen LogP contribution in [0, 0.1) is 5.21 Å². The lowest BCUT2D eigenvalue weighted by molar-refractivity contribution is -0.645. The second-order valence-corrected chi connectivity index (χ2v) is 4.35. The molecule has 0 bridgehead atoms. The fourth-order valence-corrected chi connectivity index (χ4v) is 1.86. The van der Waals surface area contributed by atoms with E-state index in [0.717, 1.165) is 17.6 Å². The molecule has 4 nitrogen and oxygen atoms in total. The first-order valence-corrected chi connectivity index (χ1v) is 6.30. The second kappa shape index (κ2) is 7.11. The van der Waals surface area contributed by atoms with Crippen LogP contribution in [-0.4, -0.2) is 18.2 Å². The molecule has 88 valence electrons. The van der Waals surface area contributed by atoms with Gasteiger partial charge < -0.3 is 10.5 Å². The van der Waals surface area contributed by atoms with Crippen LogP contribution in [0.3, 0.4) is 0 Å². The zero-order valence-electron chi connectivity index (χ0n) is 9.31. The first-order valence-electron chi connectivity index (χ1n) is 5.31. The summed E-state index contributed by atoms with van der Waals surface area (Å²) in [5.74, 6) is 0.262. The molecule has 0 saturated carbocycles. The summed E-state index contributed by atoms with van der Waals surface area (Å²) in [6, 6.07) is 5.15. The van der Waals surface area contributed by atoms with Crippen LogP contribution in [0.5, 0.6) is 0 Å². The molecule has 1 rings (SSSR count). The lowest BCUT2D eigenvalue weighted by Crippen LogP contribution is -2.30. The minimum Gasteiger partial charge on any atom is -0.618 e. The summed E-state index contributed by atoms with van der Waals surface area (Å²) < 4.78 is 0.768. The zero-order chi connectivity index (χ0) is 11.8. The largest absolute Gasteiger partial charge is 0.618 e. The van der Waals surface area contributed by atoms with Crippen molar-refractivity contribution in [2.24, 2.45) is 0 Å². The van der Waals surface area contributed by atoms with Gasteiger partial charge in [-0.2, -0.15) is 4.73 Å². The Bertz CT molecular complexity index is 345. The predicted molar refractivity (Wildman–Crippen MR) is 64.0 cm³/mol. The highest BCUT2D eigenvalue weighted by atomic mass is 32.2. The second-order valence-electron chi connectivity index (χ2n) is 3.36. The first-order chi connectivity index (χ1) is 7.74. The molecule has 1 aromatic heterocycles. The molecule has 1 amide bonds. The lowest BCUT2D eigenvalue weighted by atomic mass is 10.3. The molecule has 1 N–H and O–H groups in total. The van der Waals surface area contributed by atoms with E-state index in [9.17, 15) is 10.0 Å². The molecule has 1 heterocycles. The van der Waals surface area contributed by atoms with Gasteiger partial charge in [0, 0.05) is 18.7 Å². The Balaban J connectivity index is 2.29. The normalized spacial score (nSPS) is 10.1. The zero-order valence-corrected chi connectivity index (χ0v) is 10.1. The van der Waals surface area contributed by atoms with Gasteiger partial charge in [0.1, 0.15) is 0 Å². The molecule has 0 saturated heterocycles. The SMILES string of the molecule is CCCCNC(=O)CSc1cccc[n+]1[O-]. The summed E-state index contributed by atoms with van der Waals surface area (Å²) in [6.07, 6.45) is 3.48. The van der Waals surface area contributed by atoms with Gasteiger partial charge in [0.15, 0.2) is 6.20 Å². The van der Waals surface area contributed by atoms with Crippen LogP contribution in [0.25, 0.3) is 0 Å². The van der Waals surface area contributed by atoms with E-state index in [2.05, 4.69) is 12.2 Å². The average Bonchev–Trinajstić information content (AvgIpc) is 2.28. The molecule has 0 aromatic carbocycles. The number of pyridine rings is 1. The van der Waals surface area contributed by atoms with E-state index in [1.54, 1.807) is 18.2 Å². The molecule has 0 unspecified atom stereocenters. The molecule has 0 aliphatic carbocycles. The van der Waals surface area contributed by atoms with E-state index in [0.29, 0.717) is 11.6 Å². The fourth-order valence-electron chi connectivity index (χ4n) is 1.12. The molecular formula is C11H16N2O2S. The van der Waals surface area contributed by atoms with Crippen LogP contribution in [0.1, 0.15) is 19.8 Å². The smallest absolute Gasteiger partial charge is 0.251 e. The van der Waals surface area contributed by atoms with E-state index in [-0.39, 0.29) is 11.7 Å². The van der Waals surface area contributed by atoms with E-state index in [1.807, 2.05) is 0 Å². The number of unbranched alkanes of at least 4 members (excludes halogenated alkanes) is 1. The van der Waals surface area contributed by atoms with Gasteiger partial charge in [-0.1, -0.05) is 13.3 Å². The van der Waals surface area contributed by atoms with Crippen LogP contribution in [0.15, 0.2) is 29.4 Å². The van der Waals surface area contributed by atoms with Gasteiger partial charge in [-0.05, 0) is 24.2 Å². The summed E-state index contributed by atoms with van der Waals surface area (Å²) in [6.45, 7) is 2.79. The number of hydrogen-bond donors (Lipinski definition) is 1. The fraction of sp³-hybridized carbons (Fsp3) is 0.455. The maximum atomic E-state index is 11.4. The van der Waals surface area contributed by atoms with Gasteiger partial charge >= 0.3 is 0 Å². The van der Waals surface area contributed by atoms with Crippen LogP contribution >= 0.6 is 11.8 Å². The van der Waals surface area contributed by atoms with Crippen molar-refractivity contribution in [1.82, 2.24) is 5.32 Å². The van der Waals surface area contributed by atoms with Crippen molar-refractivity contribution in [3.05, 3.63) is 29.6 Å². The number of amides is 1. The molecule has 5 heteroatoms. The number of carbonyl (C=O) groups is 1. The van der Waals surface area contributed by atoms with Gasteiger partial charge in [-0.3, -0.25) is 4.79 Å². The minimum atomic E-state index is -0.0256. The van der Waals surface area contributed by atoms with Crippen molar-refractivity contribution in [3.63, 3.8) is 0 Å². The van der Waals surface area contributed by atoms with E-state index < -0.39 is 0 Å². The molecule has 0 aliphatic heterocycles. The monoisotopic (exact) mass is 240 g/mol. The standard InChI is InChI=1S/C11H16N2O2S/c1-2-3-7-12-10(14)9-16-11-6-4-5-8-13(11)15/h4-6,8H,2-3,7,9H2,1H3,(H,12,14). The number of nitrogens with zero attached hydrogens (tertiary/aromatic N) is 1. The van der Waals surface area contributed by atoms with Crippen LogP contribution < -0.4 is 10.0 Å². The summed E-state index contributed by atoms with van der Waals surface area (Å²) >= 11 is 1.25. The van der Waals surface area contributed by atoms with Gasteiger partial charge in [0.05, 0.1) is 5.75 Å². The first kappa shape index (κ1) is 12.8. The number of thioether (sulfide) groups is 1. The maximum absolute atomic E-state index is 11.4. The summed E-state index contributed by atoms with van der Waals surface area (Å²) in [5.41, 5.74) is 0. The molecule has 0 fully saturated rings. The number of nitrogens with one attached hydrogen (secondary N) is 1. The quantitative estimate of drug-likeness (QED) is 0.353. The van der Waals surface area contributed by atoms with E-state index >= 15 is 0 Å². The minimum absolute atomic E-state index is 0.0256. The Labute approximate surface area is 99.6 Å². The number of hydrogen-bond acceptors (Lipinski definition) is 3. The van der Waals surface area contributed by atoms with Crippen molar-refractivity contribution >= 4 is 17.7 Å². The molecule has 0 aliphatic rings. The molecule has 16 heavy (non-hydrogen) atoms. The highest BCUT2D eigenvalue weighted by Gasteiger charge is 2.07. The summed E-state index contributed by atoms with van der Waals surface area (Å²) in [7, 11) is 0. The van der Waals surface area contributed by atoms with Gasteiger partial charge in [-0.15, -0.1) is 0 Å². The van der Waals surface area contributed by atoms with Crippen molar-refractivity contribution in [2.45, 2.75) is 24.8 Å². The Kier molecular flexibility index (Phi) is 5.71. The third-order valence-electron chi connectivity index (χ3n) is 1.99. The average molecular weight is 240 g/mol. The molecule has 1 aromatic rings. The molecule has 0 spiro atoms. The molecule has 0 radical (unpaired) electrons. The number of rotatable bonds is 6. The van der Waals surface area contributed by atoms with Crippen molar-refractivity contribution in [1.29, 1.82) is 0 Å². The summed E-state index contributed by atoms with van der Waals surface area (Å²) in [5, 5.41) is 14.6. The van der Waals surface area contributed by atoms with E-state index in [4.69, 9.17) is 0 Å². The topological polar surface area (TPSA) is 56.0 Å². The highest BCUT2D eigenvalue weighted by Crippen LogP contribution is 2.11. The van der Waals surface area contributed by atoms with E-state index in [1.165, 1.54) is 18.0 Å². The van der Waals surface area contributed by atoms with Crippen LogP contribution in [0.4, 0.5) is 0 Å².